The molecule has 1 aliphatic heterocycles. The fourth-order valence-corrected chi connectivity index (χ4v) is 3.94. The topological polar surface area (TPSA) is 105 Å². The SMILES string of the molecule is CCOC(=O)c1ccc(N2C(=O)C(Cl)=C(Nc3ccc(C(=O)Nc4ccc(Cl)c(Cl)c4)cc3)C2=O)cc1. The highest BCUT2D eigenvalue weighted by Gasteiger charge is 2.39. The van der Waals surface area contributed by atoms with Crippen LogP contribution in [0.2, 0.25) is 10.0 Å². The van der Waals surface area contributed by atoms with Crippen molar-refractivity contribution in [3.8, 4) is 0 Å². The molecule has 1 aliphatic rings. The monoisotopic (exact) mass is 557 g/mol. The second-order valence-corrected chi connectivity index (χ2v) is 8.88. The lowest BCUT2D eigenvalue weighted by molar-refractivity contribution is -0.120. The van der Waals surface area contributed by atoms with Gasteiger partial charge in [-0.2, -0.15) is 0 Å². The Morgan fingerprint density at radius 1 is 0.811 bits per heavy atom. The van der Waals surface area contributed by atoms with E-state index in [0.717, 1.165) is 4.90 Å². The van der Waals surface area contributed by atoms with E-state index in [1.165, 1.54) is 42.5 Å². The lowest BCUT2D eigenvalue weighted by atomic mass is 10.2. The Kier molecular flexibility index (Phi) is 7.83. The van der Waals surface area contributed by atoms with Crippen molar-refractivity contribution in [2.75, 3.05) is 22.1 Å². The van der Waals surface area contributed by atoms with Gasteiger partial charge in [0.15, 0.2) is 0 Å². The van der Waals surface area contributed by atoms with E-state index in [2.05, 4.69) is 10.6 Å². The fraction of sp³-hybridized carbons (Fsp3) is 0.0769. The van der Waals surface area contributed by atoms with Crippen LogP contribution in [0.5, 0.6) is 0 Å². The minimum absolute atomic E-state index is 0.117. The predicted molar refractivity (Wildman–Crippen MR) is 142 cm³/mol. The van der Waals surface area contributed by atoms with E-state index >= 15 is 0 Å². The van der Waals surface area contributed by atoms with Gasteiger partial charge in [0.2, 0.25) is 0 Å². The summed E-state index contributed by atoms with van der Waals surface area (Å²) in [6.07, 6.45) is 0. The molecule has 0 saturated carbocycles. The zero-order valence-electron chi connectivity index (χ0n) is 19.2. The quantitative estimate of drug-likeness (QED) is 0.278. The van der Waals surface area contributed by atoms with Crippen molar-refractivity contribution in [2.24, 2.45) is 0 Å². The van der Waals surface area contributed by atoms with Crippen LogP contribution in [0, 0.1) is 0 Å². The van der Waals surface area contributed by atoms with E-state index in [1.807, 2.05) is 0 Å². The van der Waals surface area contributed by atoms with Crippen LogP contribution >= 0.6 is 34.8 Å². The van der Waals surface area contributed by atoms with E-state index < -0.39 is 17.8 Å². The second-order valence-electron chi connectivity index (χ2n) is 7.69. The van der Waals surface area contributed by atoms with Gasteiger partial charge >= 0.3 is 5.97 Å². The van der Waals surface area contributed by atoms with Crippen LogP contribution in [0.3, 0.4) is 0 Å². The summed E-state index contributed by atoms with van der Waals surface area (Å²) in [5.74, 6) is -2.27. The van der Waals surface area contributed by atoms with Crippen molar-refractivity contribution in [3.63, 3.8) is 0 Å². The molecular formula is C26H18Cl3N3O5. The summed E-state index contributed by atoms with van der Waals surface area (Å²) in [6, 6.07) is 16.7. The van der Waals surface area contributed by atoms with Crippen LogP contribution < -0.4 is 15.5 Å². The smallest absolute Gasteiger partial charge is 0.338 e. The molecule has 0 atom stereocenters. The largest absolute Gasteiger partial charge is 0.462 e. The highest BCUT2D eigenvalue weighted by Crippen LogP contribution is 2.31. The summed E-state index contributed by atoms with van der Waals surface area (Å²) < 4.78 is 4.94. The van der Waals surface area contributed by atoms with Gasteiger partial charge < -0.3 is 15.4 Å². The summed E-state index contributed by atoms with van der Waals surface area (Å²) in [6.45, 7) is 1.91. The number of carbonyl (C=O) groups is 4. The van der Waals surface area contributed by atoms with Crippen molar-refractivity contribution in [2.45, 2.75) is 6.92 Å². The van der Waals surface area contributed by atoms with E-state index in [1.54, 1.807) is 31.2 Å². The van der Waals surface area contributed by atoms with E-state index in [-0.39, 0.29) is 34.5 Å². The van der Waals surface area contributed by atoms with Crippen molar-refractivity contribution < 1.29 is 23.9 Å². The molecule has 2 N–H and O–H groups in total. The maximum absolute atomic E-state index is 13.0. The molecule has 0 bridgehead atoms. The Morgan fingerprint density at radius 3 is 2.05 bits per heavy atom. The van der Waals surface area contributed by atoms with Gasteiger partial charge in [-0.1, -0.05) is 34.8 Å². The third-order valence-electron chi connectivity index (χ3n) is 5.26. The Morgan fingerprint density at radius 2 is 1.43 bits per heavy atom. The van der Waals surface area contributed by atoms with Gasteiger partial charge in [0.05, 0.1) is 27.9 Å². The van der Waals surface area contributed by atoms with Gasteiger partial charge in [-0.15, -0.1) is 0 Å². The number of hydrogen-bond donors (Lipinski definition) is 2. The summed E-state index contributed by atoms with van der Waals surface area (Å²) in [4.78, 5) is 51.0. The van der Waals surface area contributed by atoms with Gasteiger partial charge in [0.25, 0.3) is 17.7 Å². The predicted octanol–water partition coefficient (Wildman–Crippen LogP) is 5.86. The maximum Gasteiger partial charge on any atom is 0.338 e. The standard InChI is InChI=1S/C26H18Cl3N3O5/c1-2-37-26(36)15-5-10-18(11-6-15)32-24(34)21(29)22(25(32)35)30-16-7-3-14(4-8-16)23(33)31-17-9-12-19(27)20(28)13-17/h3-13,30H,2H2,1H3,(H,31,33). The Hall–Kier alpha value is -3.85. The number of imide groups is 1. The molecule has 8 nitrogen and oxygen atoms in total. The Bertz CT molecular complexity index is 1440. The van der Waals surface area contributed by atoms with E-state index in [0.29, 0.717) is 27.0 Å². The highest BCUT2D eigenvalue weighted by atomic mass is 35.5. The first-order valence-corrected chi connectivity index (χ1v) is 12.0. The lowest BCUT2D eigenvalue weighted by Crippen LogP contribution is -2.32. The first kappa shape index (κ1) is 26.2. The number of halogens is 3. The molecule has 0 spiro atoms. The van der Waals surface area contributed by atoms with E-state index in [9.17, 15) is 19.2 Å². The number of benzene rings is 3. The van der Waals surface area contributed by atoms with Crippen LogP contribution in [0.1, 0.15) is 27.6 Å². The van der Waals surface area contributed by atoms with Crippen molar-refractivity contribution >= 4 is 75.6 Å². The van der Waals surface area contributed by atoms with Crippen LogP contribution in [0.4, 0.5) is 17.1 Å². The number of amides is 3. The molecule has 3 amide bonds. The molecule has 0 saturated heterocycles. The minimum Gasteiger partial charge on any atom is -0.462 e. The van der Waals surface area contributed by atoms with Gasteiger partial charge in [0.1, 0.15) is 10.7 Å². The number of anilines is 3. The third-order valence-corrected chi connectivity index (χ3v) is 6.35. The van der Waals surface area contributed by atoms with Crippen LogP contribution in [0.25, 0.3) is 0 Å². The summed E-state index contributed by atoms with van der Waals surface area (Å²) in [5.41, 5.74) is 1.66. The zero-order valence-corrected chi connectivity index (χ0v) is 21.4. The Labute approximate surface area is 226 Å². The molecule has 0 unspecified atom stereocenters. The fourth-order valence-electron chi connectivity index (χ4n) is 3.43. The number of ether oxygens (including phenoxy) is 1. The number of nitrogens with zero attached hydrogens (tertiary/aromatic N) is 1. The van der Waals surface area contributed by atoms with Crippen molar-refractivity contribution in [3.05, 3.63) is 98.6 Å². The number of nitrogens with one attached hydrogen (secondary N) is 2. The first-order chi connectivity index (χ1) is 17.7. The molecule has 4 rings (SSSR count). The molecule has 0 aliphatic carbocycles. The average molecular weight is 559 g/mol. The lowest BCUT2D eigenvalue weighted by Gasteiger charge is -2.15. The molecule has 1 heterocycles. The van der Waals surface area contributed by atoms with Gasteiger partial charge in [-0.3, -0.25) is 14.4 Å². The maximum atomic E-state index is 13.0. The second kappa shape index (κ2) is 11.0. The number of hydrogen-bond acceptors (Lipinski definition) is 6. The third kappa shape index (κ3) is 5.61. The molecule has 3 aromatic rings. The summed E-state index contributed by atoms with van der Waals surface area (Å²) >= 11 is 18.1. The van der Waals surface area contributed by atoms with Gasteiger partial charge in [0, 0.05) is 16.9 Å². The van der Waals surface area contributed by atoms with Gasteiger partial charge in [-0.25, -0.2) is 9.69 Å². The molecule has 37 heavy (non-hydrogen) atoms. The molecule has 188 valence electrons. The normalized spacial score (nSPS) is 13.1. The first-order valence-electron chi connectivity index (χ1n) is 10.9. The zero-order chi connectivity index (χ0) is 26.7. The van der Waals surface area contributed by atoms with Gasteiger partial charge in [-0.05, 0) is 73.7 Å². The molecule has 11 heteroatoms. The summed E-state index contributed by atoms with van der Waals surface area (Å²) in [5, 5.41) is 5.95. The average Bonchev–Trinajstić information content (AvgIpc) is 3.10. The van der Waals surface area contributed by atoms with Crippen molar-refractivity contribution in [1.29, 1.82) is 0 Å². The van der Waals surface area contributed by atoms with Crippen molar-refractivity contribution in [1.82, 2.24) is 0 Å². The molecule has 0 fully saturated rings. The van der Waals surface area contributed by atoms with Crippen LogP contribution in [0.15, 0.2) is 77.5 Å². The summed E-state index contributed by atoms with van der Waals surface area (Å²) in [7, 11) is 0. The Balaban J connectivity index is 1.45. The number of carbonyl (C=O) groups excluding carboxylic acids is 4. The van der Waals surface area contributed by atoms with E-state index in [4.69, 9.17) is 39.5 Å². The minimum atomic E-state index is -0.712. The van der Waals surface area contributed by atoms with Crippen LogP contribution in [-0.4, -0.2) is 30.3 Å². The molecule has 3 aromatic carbocycles. The molecular weight excluding hydrogens is 541 g/mol. The number of rotatable bonds is 7. The molecule has 0 aromatic heterocycles. The number of esters is 1. The molecule has 0 radical (unpaired) electrons. The van der Waals surface area contributed by atoms with Crippen LogP contribution in [-0.2, 0) is 14.3 Å². The highest BCUT2D eigenvalue weighted by molar-refractivity contribution is 6.53.